The zero-order chi connectivity index (χ0) is 25.8. The molecule has 2 saturated carbocycles. The maximum absolute atomic E-state index is 13.3. The molecule has 1 aliphatic heterocycles. The number of fused-ring (bicyclic) bond motifs is 1. The van der Waals surface area contributed by atoms with Crippen LogP contribution in [0.15, 0.2) is 23.1 Å². The van der Waals surface area contributed by atoms with Gasteiger partial charge in [0.25, 0.3) is 0 Å². The average Bonchev–Trinajstić information content (AvgIpc) is 3.45. The molecule has 194 valence electrons. The van der Waals surface area contributed by atoms with Crippen molar-refractivity contribution in [2.75, 3.05) is 6.54 Å². The van der Waals surface area contributed by atoms with Gasteiger partial charge in [-0.05, 0) is 63.5 Å². The van der Waals surface area contributed by atoms with Crippen LogP contribution in [-0.4, -0.2) is 48.6 Å². The minimum Gasteiger partial charge on any atom is -0.346 e. The summed E-state index contributed by atoms with van der Waals surface area (Å²) in [4.78, 5) is 13.9. The second-order valence-corrected chi connectivity index (χ2v) is 12.0. The Labute approximate surface area is 208 Å². The van der Waals surface area contributed by atoms with Crippen molar-refractivity contribution in [2.24, 2.45) is 13.0 Å². The highest BCUT2D eigenvalue weighted by molar-refractivity contribution is 7.89. The number of aryl methyl sites for hydroxylation is 1. The van der Waals surface area contributed by atoms with Crippen LogP contribution in [0.5, 0.6) is 0 Å². The molecular weight excluding hydrogens is 493 g/mol. The quantitative estimate of drug-likeness (QED) is 0.633. The summed E-state index contributed by atoms with van der Waals surface area (Å²) < 4.78 is 70.7. The van der Waals surface area contributed by atoms with Crippen LogP contribution in [0.1, 0.15) is 68.5 Å². The van der Waals surface area contributed by atoms with E-state index in [2.05, 4.69) is 10.8 Å². The van der Waals surface area contributed by atoms with Crippen LogP contribution in [0.2, 0.25) is 0 Å². The number of alkyl halides is 3. The summed E-state index contributed by atoms with van der Waals surface area (Å²) >= 11 is 0. The molecule has 2 heterocycles. The lowest BCUT2D eigenvalue weighted by atomic mass is 9.85. The van der Waals surface area contributed by atoms with Crippen LogP contribution >= 0.6 is 0 Å². The standard InChI is InChI=1S/C25H29F3N4O3S/c1-31-21-13-18(10-11-19(21)20(14-29)23(31)15-4-5-15)36(34,35)30-17-8-6-16(7-9-17)24(33)32-12-2-3-22(32)25(26,27)28/h10-11,13,15-17,22,30H,2-9,12H2,1H3/t16-,17-,22-/m1/s1. The van der Waals surface area contributed by atoms with E-state index in [0.717, 1.165) is 28.8 Å². The highest BCUT2D eigenvalue weighted by Gasteiger charge is 2.49. The number of rotatable bonds is 5. The molecule has 3 fully saturated rings. The summed E-state index contributed by atoms with van der Waals surface area (Å²) in [5.74, 6) is -0.649. The van der Waals surface area contributed by atoms with Crippen molar-refractivity contribution < 1.29 is 26.4 Å². The van der Waals surface area contributed by atoms with E-state index in [-0.39, 0.29) is 17.9 Å². The van der Waals surface area contributed by atoms with Gasteiger partial charge in [0, 0.05) is 42.6 Å². The van der Waals surface area contributed by atoms with Gasteiger partial charge in [0.15, 0.2) is 0 Å². The fraction of sp³-hybridized carbons (Fsp3) is 0.600. The van der Waals surface area contributed by atoms with Gasteiger partial charge in [-0.15, -0.1) is 0 Å². The minimum atomic E-state index is -4.42. The Morgan fingerprint density at radius 3 is 2.42 bits per heavy atom. The first-order valence-electron chi connectivity index (χ1n) is 12.4. The monoisotopic (exact) mass is 522 g/mol. The molecule has 1 N–H and O–H groups in total. The molecule has 36 heavy (non-hydrogen) atoms. The topological polar surface area (TPSA) is 95.2 Å². The number of hydrogen-bond donors (Lipinski definition) is 1. The molecule has 0 spiro atoms. The third kappa shape index (κ3) is 4.50. The summed E-state index contributed by atoms with van der Waals surface area (Å²) in [5, 5.41) is 10.4. The second-order valence-electron chi connectivity index (χ2n) is 10.3. The van der Waals surface area contributed by atoms with Gasteiger partial charge in [0.05, 0.1) is 16.0 Å². The Kier molecular flexibility index (Phi) is 6.32. The van der Waals surface area contributed by atoms with Crippen LogP contribution in [0.3, 0.4) is 0 Å². The molecule has 2 aromatic rings. The van der Waals surface area contributed by atoms with Crippen molar-refractivity contribution in [2.45, 2.75) is 80.4 Å². The van der Waals surface area contributed by atoms with E-state index in [4.69, 9.17) is 0 Å². The highest BCUT2D eigenvalue weighted by Crippen LogP contribution is 2.44. The predicted molar refractivity (Wildman–Crippen MR) is 126 cm³/mol. The van der Waals surface area contributed by atoms with Crippen LogP contribution in [0, 0.1) is 17.2 Å². The third-order valence-corrected chi connectivity index (χ3v) is 9.43. The number of nitriles is 1. The molecule has 1 atom stereocenters. The van der Waals surface area contributed by atoms with E-state index >= 15 is 0 Å². The molecule has 0 unspecified atom stereocenters. The Bertz CT molecular complexity index is 1330. The number of sulfonamides is 1. The number of hydrogen-bond acceptors (Lipinski definition) is 4. The molecule has 0 radical (unpaired) electrons. The minimum absolute atomic E-state index is 0.0616. The molecule has 3 aliphatic rings. The Morgan fingerprint density at radius 2 is 1.81 bits per heavy atom. The number of carbonyl (C=O) groups excluding carboxylic acids is 1. The molecular formula is C25H29F3N4O3S. The van der Waals surface area contributed by atoms with Gasteiger partial charge in [-0.1, -0.05) is 6.07 Å². The maximum Gasteiger partial charge on any atom is 0.408 e. The van der Waals surface area contributed by atoms with Crippen LogP contribution in [0.25, 0.3) is 10.9 Å². The van der Waals surface area contributed by atoms with Crippen molar-refractivity contribution in [3.8, 4) is 6.07 Å². The Balaban J connectivity index is 1.26. The van der Waals surface area contributed by atoms with Crippen molar-refractivity contribution in [3.05, 3.63) is 29.5 Å². The fourth-order valence-electron chi connectivity index (χ4n) is 5.91. The van der Waals surface area contributed by atoms with Crippen LogP contribution in [0.4, 0.5) is 13.2 Å². The SMILES string of the molecule is Cn1c(C2CC2)c(C#N)c2ccc(S(=O)(=O)N[C@H]3CC[C@H](C(=O)N4CCC[C@@H]4C(F)(F)F)CC3)cc21. The zero-order valence-electron chi connectivity index (χ0n) is 20.0. The molecule has 5 rings (SSSR count). The molecule has 0 bridgehead atoms. The van der Waals surface area contributed by atoms with E-state index < -0.39 is 40.1 Å². The lowest BCUT2D eigenvalue weighted by molar-refractivity contribution is -0.184. The first-order chi connectivity index (χ1) is 17.0. The maximum atomic E-state index is 13.3. The summed E-state index contributed by atoms with van der Waals surface area (Å²) in [6, 6.07) is 4.93. The molecule has 1 aromatic heterocycles. The average molecular weight is 523 g/mol. The van der Waals surface area contributed by atoms with Gasteiger partial charge in [0.2, 0.25) is 15.9 Å². The van der Waals surface area contributed by atoms with E-state index in [1.54, 1.807) is 12.1 Å². The number of amides is 1. The first-order valence-corrected chi connectivity index (χ1v) is 13.9. The Morgan fingerprint density at radius 1 is 1.11 bits per heavy atom. The van der Waals surface area contributed by atoms with E-state index in [9.17, 15) is 31.6 Å². The number of carbonyl (C=O) groups is 1. The van der Waals surface area contributed by atoms with E-state index in [1.165, 1.54) is 6.07 Å². The second kappa shape index (κ2) is 9.06. The largest absolute Gasteiger partial charge is 0.408 e. The molecule has 1 saturated heterocycles. The first kappa shape index (κ1) is 25.1. The molecule has 11 heteroatoms. The summed E-state index contributed by atoms with van der Waals surface area (Å²) in [6.07, 6.45) is -0.639. The number of likely N-dealkylation sites (tertiary alicyclic amines) is 1. The van der Waals surface area contributed by atoms with Gasteiger partial charge in [-0.25, -0.2) is 13.1 Å². The number of aromatic nitrogens is 1. The smallest absolute Gasteiger partial charge is 0.346 e. The fourth-order valence-corrected chi connectivity index (χ4v) is 7.23. The number of benzene rings is 1. The van der Waals surface area contributed by atoms with E-state index in [0.29, 0.717) is 49.1 Å². The van der Waals surface area contributed by atoms with Gasteiger partial charge >= 0.3 is 6.18 Å². The van der Waals surface area contributed by atoms with Gasteiger partial charge in [-0.2, -0.15) is 18.4 Å². The number of nitrogens with one attached hydrogen (secondary N) is 1. The molecule has 7 nitrogen and oxygen atoms in total. The van der Waals surface area contributed by atoms with Gasteiger partial charge < -0.3 is 9.47 Å². The third-order valence-electron chi connectivity index (χ3n) is 7.92. The lowest BCUT2D eigenvalue weighted by Crippen LogP contribution is -2.48. The van der Waals surface area contributed by atoms with Crippen molar-refractivity contribution >= 4 is 26.8 Å². The summed E-state index contributed by atoms with van der Waals surface area (Å²) in [7, 11) is -2.01. The highest BCUT2D eigenvalue weighted by atomic mass is 32.2. The van der Waals surface area contributed by atoms with Crippen molar-refractivity contribution in [1.29, 1.82) is 5.26 Å². The van der Waals surface area contributed by atoms with Crippen LogP contribution in [-0.2, 0) is 21.9 Å². The Hall–Kier alpha value is -2.58. The zero-order valence-corrected chi connectivity index (χ0v) is 20.8. The summed E-state index contributed by atoms with van der Waals surface area (Å²) in [5.41, 5.74) is 2.24. The van der Waals surface area contributed by atoms with Gasteiger partial charge in [0.1, 0.15) is 12.1 Å². The number of halogens is 3. The molecule has 2 aliphatic carbocycles. The molecule has 1 amide bonds. The van der Waals surface area contributed by atoms with Gasteiger partial charge in [-0.3, -0.25) is 4.79 Å². The van der Waals surface area contributed by atoms with Crippen molar-refractivity contribution in [3.63, 3.8) is 0 Å². The molecule has 1 aromatic carbocycles. The summed E-state index contributed by atoms with van der Waals surface area (Å²) in [6.45, 7) is 0.118. The van der Waals surface area contributed by atoms with E-state index in [1.807, 2.05) is 11.6 Å². The van der Waals surface area contributed by atoms with Crippen LogP contribution < -0.4 is 4.72 Å². The lowest BCUT2D eigenvalue weighted by Gasteiger charge is -2.33. The number of nitrogens with zero attached hydrogens (tertiary/aromatic N) is 3. The normalized spacial score (nSPS) is 25.3. The predicted octanol–water partition coefficient (Wildman–Crippen LogP) is 4.32. The van der Waals surface area contributed by atoms with Crippen molar-refractivity contribution in [1.82, 2.24) is 14.2 Å².